The van der Waals surface area contributed by atoms with E-state index in [0.29, 0.717) is 6.54 Å². The minimum Gasteiger partial charge on any atom is -0.309 e. The molecule has 0 aliphatic heterocycles. The van der Waals surface area contributed by atoms with Gasteiger partial charge in [0.1, 0.15) is 5.82 Å². The molecule has 1 N–H and O–H groups in total. The summed E-state index contributed by atoms with van der Waals surface area (Å²) in [7, 11) is 0. The van der Waals surface area contributed by atoms with E-state index in [0.717, 1.165) is 11.6 Å². The van der Waals surface area contributed by atoms with Gasteiger partial charge in [0.2, 0.25) is 5.82 Å². The smallest absolute Gasteiger partial charge is 0.305 e. The number of hydrogen-bond donors (Lipinski definition) is 1. The van der Waals surface area contributed by atoms with Gasteiger partial charge in [0.05, 0.1) is 4.92 Å². The van der Waals surface area contributed by atoms with Crippen LogP contribution in [-0.2, 0) is 13.1 Å². The van der Waals surface area contributed by atoms with E-state index in [1.807, 2.05) is 0 Å². The van der Waals surface area contributed by atoms with Gasteiger partial charge in [0.25, 0.3) is 0 Å². The number of nitrogens with one attached hydrogen (secondary N) is 1. The zero-order chi connectivity index (χ0) is 14.5. The Hall–Kier alpha value is -2.34. The molecule has 0 radical (unpaired) electrons. The number of rotatable bonds is 5. The number of nitrogens with zero attached hydrogens (tertiary/aromatic N) is 1. The third kappa shape index (κ3) is 3.36. The topological polar surface area (TPSA) is 55.2 Å². The van der Waals surface area contributed by atoms with Crippen LogP contribution in [0.25, 0.3) is 0 Å². The molecule has 0 atom stereocenters. The number of benzene rings is 2. The highest BCUT2D eigenvalue weighted by Crippen LogP contribution is 2.20. The second-order valence-electron chi connectivity index (χ2n) is 4.24. The molecular formula is C14H12F2N2O2. The highest BCUT2D eigenvalue weighted by molar-refractivity contribution is 5.36. The maximum Gasteiger partial charge on any atom is 0.305 e. The Morgan fingerprint density at radius 2 is 1.75 bits per heavy atom. The lowest BCUT2D eigenvalue weighted by molar-refractivity contribution is -0.387. The fraction of sp³-hybridized carbons (Fsp3) is 0.143. The summed E-state index contributed by atoms with van der Waals surface area (Å²) in [5.41, 5.74) is 0.532. The standard InChI is InChI=1S/C14H12F2N2O2/c15-12-6-4-10(5-7-12)8-17-9-11-2-1-3-13(14(11)16)18(19)20/h1-7,17H,8-9H2. The predicted octanol–water partition coefficient (Wildman–Crippen LogP) is 3.16. The first kappa shape index (κ1) is 14.1. The Morgan fingerprint density at radius 1 is 1.05 bits per heavy atom. The molecule has 0 aliphatic rings. The van der Waals surface area contributed by atoms with Gasteiger partial charge in [-0.1, -0.05) is 24.3 Å². The van der Waals surface area contributed by atoms with E-state index < -0.39 is 16.4 Å². The average Bonchev–Trinajstić information content (AvgIpc) is 2.42. The predicted molar refractivity (Wildman–Crippen MR) is 70.0 cm³/mol. The van der Waals surface area contributed by atoms with Crippen LogP contribution >= 0.6 is 0 Å². The van der Waals surface area contributed by atoms with Gasteiger partial charge >= 0.3 is 5.69 Å². The Balaban J connectivity index is 1.99. The molecule has 0 aliphatic carbocycles. The molecule has 20 heavy (non-hydrogen) atoms. The molecular weight excluding hydrogens is 266 g/mol. The van der Waals surface area contributed by atoms with Crippen molar-refractivity contribution >= 4 is 5.69 Å². The van der Waals surface area contributed by atoms with Gasteiger partial charge in [-0.05, 0) is 17.7 Å². The molecule has 0 saturated heterocycles. The van der Waals surface area contributed by atoms with Crippen molar-refractivity contribution in [2.24, 2.45) is 0 Å². The number of nitro benzene ring substituents is 1. The van der Waals surface area contributed by atoms with Crippen LogP contribution in [0.5, 0.6) is 0 Å². The maximum absolute atomic E-state index is 13.8. The Kier molecular flexibility index (Phi) is 4.37. The third-order valence-electron chi connectivity index (χ3n) is 2.81. The minimum atomic E-state index is -0.830. The molecule has 2 aromatic carbocycles. The Bertz CT molecular complexity index is 615. The fourth-order valence-electron chi connectivity index (χ4n) is 1.79. The van der Waals surface area contributed by atoms with Gasteiger partial charge in [-0.15, -0.1) is 0 Å². The van der Waals surface area contributed by atoms with Crippen LogP contribution in [0.15, 0.2) is 42.5 Å². The van der Waals surface area contributed by atoms with Crippen molar-refractivity contribution in [2.45, 2.75) is 13.1 Å². The molecule has 0 heterocycles. The van der Waals surface area contributed by atoms with Gasteiger partial charge in [-0.3, -0.25) is 10.1 Å². The van der Waals surface area contributed by atoms with Crippen molar-refractivity contribution in [1.82, 2.24) is 5.32 Å². The molecule has 0 bridgehead atoms. The van der Waals surface area contributed by atoms with Crippen LogP contribution in [0, 0.1) is 21.7 Å². The van der Waals surface area contributed by atoms with Crippen molar-refractivity contribution in [3.8, 4) is 0 Å². The summed E-state index contributed by atoms with van der Waals surface area (Å²) < 4.78 is 26.5. The summed E-state index contributed by atoms with van der Waals surface area (Å²) >= 11 is 0. The van der Waals surface area contributed by atoms with Crippen LogP contribution in [-0.4, -0.2) is 4.92 Å². The first-order chi connectivity index (χ1) is 9.58. The highest BCUT2D eigenvalue weighted by Gasteiger charge is 2.16. The van der Waals surface area contributed by atoms with E-state index in [1.165, 1.54) is 24.3 Å². The van der Waals surface area contributed by atoms with Crippen molar-refractivity contribution < 1.29 is 13.7 Å². The molecule has 0 fully saturated rings. The minimum absolute atomic E-state index is 0.158. The summed E-state index contributed by atoms with van der Waals surface area (Å²) in [5.74, 6) is -1.15. The lowest BCUT2D eigenvalue weighted by Crippen LogP contribution is -2.14. The van der Waals surface area contributed by atoms with Crippen molar-refractivity contribution in [3.63, 3.8) is 0 Å². The second kappa shape index (κ2) is 6.21. The van der Waals surface area contributed by atoms with Crippen LogP contribution in [0.4, 0.5) is 14.5 Å². The molecule has 0 saturated carbocycles. The summed E-state index contributed by atoms with van der Waals surface area (Å²) in [6, 6.07) is 9.96. The van der Waals surface area contributed by atoms with Crippen LogP contribution in [0.1, 0.15) is 11.1 Å². The lowest BCUT2D eigenvalue weighted by atomic mass is 10.1. The Morgan fingerprint density at radius 3 is 2.40 bits per heavy atom. The van der Waals surface area contributed by atoms with E-state index in [4.69, 9.17) is 0 Å². The largest absolute Gasteiger partial charge is 0.309 e. The summed E-state index contributed by atoms with van der Waals surface area (Å²) in [6.07, 6.45) is 0. The van der Waals surface area contributed by atoms with E-state index in [-0.39, 0.29) is 17.9 Å². The normalized spacial score (nSPS) is 10.5. The molecule has 2 rings (SSSR count). The first-order valence-electron chi connectivity index (χ1n) is 5.95. The second-order valence-corrected chi connectivity index (χ2v) is 4.24. The first-order valence-corrected chi connectivity index (χ1v) is 5.95. The molecule has 0 aromatic heterocycles. The third-order valence-corrected chi connectivity index (χ3v) is 2.81. The summed E-state index contributed by atoms with van der Waals surface area (Å²) in [5, 5.41) is 13.6. The fourth-order valence-corrected chi connectivity index (χ4v) is 1.79. The van der Waals surface area contributed by atoms with Crippen molar-refractivity contribution in [1.29, 1.82) is 0 Å². The number of hydrogen-bond acceptors (Lipinski definition) is 3. The molecule has 0 amide bonds. The Labute approximate surface area is 114 Å². The van der Waals surface area contributed by atoms with Crippen molar-refractivity contribution in [3.05, 3.63) is 75.3 Å². The van der Waals surface area contributed by atoms with E-state index in [2.05, 4.69) is 5.32 Å². The van der Waals surface area contributed by atoms with Gasteiger partial charge in [-0.25, -0.2) is 4.39 Å². The highest BCUT2D eigenvalue weighted by atomic mass is 19.1. The van der Waals surface area contributed by atoms with Crippen LogP contribution in [0.3, 0.4) is 0 Å². The molecule has 0 spiro atoms. The van der Waals surface area contributed by atoms with Crippen molar-refractivity contribution in [2.75, 3.05) is 0 Å². The summed E-state index contributed by atoms with van der Waals surface area (Å²) in [6.45, 7) is 0.577. The molecule has 2 aromatic rings. The van der Waals surface area contributed by atoms with Gasteiger partial charge in [0, 0.05) is 24.7 Å². The van der Waals surface area contributed by atoms with Gasteiger partial charge in [-0.2, -0.15) is 4.39 Å². The lowest BCUT2D eigenvalue weighted by Gasteiger charge is -2.06. The van der Waals surface area contributed by atoms with E-state index in [1.54, 1.807) is 12.1 Å². The van der Waals surface area contributed by atoms with Crippen LogP contribution < -0.4 is 5.32 Å². The number of halogens is 2. The van der Waals surface area contributed by atoms with E-state index >= 15 is 0 Å². The van der Waals surface area contributed by atoms with Gasteiger partial charge in [0.15, 0.2) is 0 Å². The van der Waals surface area contributed by atoms with Crippen LogP contribution in [0.2, 0.25) is 0 Å². The van der Waals surface area contributed by atoms with Gasteiger partial charge < -0.3 is 5.32 Å². The maximum atomic E-state index is 13.8. The van der Waals surface area contributed by atoms with E-state index in [9.17, 15) is 18.9 Å². The zero-order valence-corrected chi connectivity index (χ0v) is 10.5. The SMILES string of the molecule is O=[N+]([O-])c1cccc(CNCc2ccc(F)cc2)c1F. The quantitative estimate of drug-likeness (QED) is 0.675. The average molecular weight is 278 g/mol. The molecule has 6 heteroatoms. The molecule has 4 nitrogen and oxygen atoms in total. The molecule has 104 valence electrons. The zero-order valence-electron chi connectivity index (χ0n) is 10.5. The summed E-state index contributed by atoms with van der Waals surface area (Å²) in [4.78, 5) is 9.86. The molecule has 0 unspecified atom stereocenters. The monoisotopic (exact) mass is 278 g/mol. The number of nitro groups is 1.